The number of anilines is 1. The molecule has 0 heterocycles. The Hall–Kier alpha value is -2.23. The standard InChI is InChI=1S/C23H21Br2NO5S/c24-15-11-17(22(28)18(25)12-15)20(9-4-10-30-21(27)13-32)31-23(29)26-19-8-3-6-14-5-1-2-7-16(14)19/h1-3,5-8,11-12,20,28,32H,4,9-10,13H2,(H,26,29)/t20-/m0/s1. The van der Waals surface area contributed by atoms with E-state index < -0.39 is 18.2 Å². The molecular weight excluding hydrogens is 562 g/mol. The summed E-state index contributed by atoms with van der Waals surface area (Å²) in [6.45, 7) is 0.153. The molecule has 0 aromatic heterocycles. The number of amides is 1. The molecule has 0 saturated carbocycles. The second kappa shape index (κ2) is 11.6. The summed E-state index contributed by atoms with van der Waals surface area (Å²) in [4.78, 5) is 24.1. The summed E-state index contributed by atoms with van der Waals surface area (Å²) in [5.74, 6) is -0.455. The van der Waals surface area contributed by atoms with Crippen molar-refractivity contribution in [2.45, 2.75) is 18.9 Å². The molecule has 168 valence electrons. The van der Waals surface area contributed by atoms with E-state index in [2.05, 4.69) is 49.8 Å². The molecule has 3 aromatic carbocycles. The molecule has 32 heavy (non-hydrogen) atoms. The zero-order valence-corrected chi connectivity index (χ0v) is 21.0. The number of hydrogen-bond acceptors (Lipinski definition) is 6. The van der Waals surface area contributed by atoms with Crippen molar-refractivity contribution in [1.82, 2.24) is 0 Å². The number of halogens is 2. The number of carbonyl (C=O) groups excluding carboxylic acids is 2. The van der Waals surface area contributed by atoms with Crippen LogP contribution < -0.4 is 5.32 Å². The lowest BCUT2D eigenvalue weighted by Gasteiger charge is -2.21. The van der Waals surface area contributed by atoms with Gasteiger partial charge in [-0.3, -0.25) is 10.1 Å². The number of fused-ring (bicyclic) bond motifs is 1. The smallest absolute Gasteiger partial charge is 0.412 e. The number of phenols is 1. The zero-order chi connectivity index (χ0) is 23.1. The van der Waals surface area contributed by atoms with E-state index in [1.807, 2.05) is 36.4 Å². The van der Waals surface area contributed by atoms with Crippen molar-refractivity contribution in [1.29, 1.82) is 0 Å². The highest BCUT2D eigenvalue weighted by Crippen LogP contribution is 2.38. The number of aromatic hydroxyl groups is 1. The lowest BCUT2D eigenvalue weighted by atomic mass is 10.0. The average molecular weight is 583 g/mol. The molecule has 0 unspecified atom stereocenters. The van der Waals surface area contributed by atoms with Crippen molar-refractivity contribution in [3.8, 4) is 5.75 Å². The fourth-order valence-corrected chi connectivity index (χ4v) is 4.56. The summed E-state index contributed by atoms with van der Waals surface area (Å²) in [6, 6.07) is 16.7. The Morgan fingerprint density at radius 3 is 2.62 bits per heavy atom. The molecule has 1 amide bonds. The molecule has 0 aliphatic rings. The number of ether oxygens (including phenoxy) is 2. The van der Waals surface area contributed by atoms with Crippen LogP contribution in [0.15, 0.2) is 63.5 Å². The van der Waals surface area contributed by atoms with Crippen LogP contribution in [0.3, 0.4) is 0 Å². The molecule has 1 atom stereocenters. The molecule has 3 rings (SSSR count). The van der Waals surface area contributed by atoms with Gasteiger partial charge in [-0.25, -0.2) is 4.79 Å². The van der Waals surface area contributed by atoms with Crippen molar-refractivity contribution in [2.24, 2.45) is 0 Å². The molecule has 0 fully saturated rings. The van der Waals surface area contributed by atoms with E-state index in [1.165, 1.54) is 0 Å². The second-order valence-corrected chi connectivity index (χ2v) is 8.98. The molecule has 6 nitrogen and oxygen atoms in total. The van der Waals surface area contributed by atoms with Crippen LogP contribution in [0.2, 0.25) is 0 Å². The highest BCUT2D eigenvalue weighted by atomic mass is 79.9. The monoisotopic (exact) mass is 581 g/mol. The fraction of sp³-hybridized carbons (Fsp3) is 0.217. The predicted molar refractivity (Wildman–Crippen MR) is 134 cm³/mol. The average Bonchev–Trinajstić information content (AvgIpc) is 2.78. The number of hydrogen-bond donors (Lipinski definition) is 3. The number of esters is 1. The van der Waals surface area contributed by atoms with E-state index in [1.54, 1.807) is 18.2 Å². The fourth-order valence-electron chi connectivity index (χ4n) is 3.21. The Morgan fingerprint density at radius 2 is 1.84 bits per heavy atom. The van der Waals surface area contributed by atoms with Gasteiger partial charge in [-0.1, -0.05) is 52.3 Å². The van der Waals surface area contributed by atoms with E-state index in [4.69, 9.17) is 9.47 Å². The topological polar surface area (TPSA) is 84.9 Å². The van der Waals surface area contributed by atoms with Crippen LogP contribution in [0.4, 0.5) is 10.5 Å². The lowest BCUT2D eigenvalue weighted by Crippen LogP contribution is -2.18. The summed E-state index contributed by atoms with van der Waals surface area (Å²) in [5, 5.41) is 15.2. The van der Waals surface area contributed by atoms with Crippen LogP contribution in [0.1, 0.15) is 24.5 Å². The zero-order valence-electron chi connectivity index (χ0n) is 16.9. The minimum absolute atomic E-state index is 0.00721. The van der Waals surface area contributed by atoms with Crippen LogP contribution in [0, 0.1) is 0 Å². The number of carbonyl (C=O) groups is 2. The van der Waals surface area contributed by atoms with Gasteiger partial charge in [0.15, 0.2) is 0 Å². The first-order valence-electron chi connectivity index (χ1n) is 9.79. The Morgan fingerprint density at radius 1 is 1.09 bits per heavy atom. The second-order valence-electron chi connectivity index (χ2n) is 6.89. The highest BCUT2D eigenvalue weighted by Gasteiger charge is 2.23. The van der Waals surface area contributed by atoms with E-state index >= 15 is 0 Å². The number of benzene rings is 3. The minimum atomic E-state index is -0.770. The third-order valence-electron chi connectivity index (χ3n) is 4.68. The molecule has 3 aromatic rings. The van der Waals surface area contributed by atoms with Gasteiger partial charge in [0.2, 0.25) is 0 Å². The van der Waals surface area contributed by atoms with E-state index in [9.17, 15) is 14.7 Å². The normalized spacial score (nSPS) is 11.7. The first kappa shape index (κ1) is 24.4. The molecule has 0 radical (unpaired) electrons. The van der Waals surface area contributed by atoms with Crippen molar-refractivity contribution < 1.29 is 24.2 Å². The molecule has 0 aliphatic carbocycles. The molecule has 0 saturated heterocycles. The summed E-state index contributed by atoms with van der Waals surface area (Å²) >= 11 is 10.6. The molecule has 0 bridgehead atoms. The largest absolute Gasteiger partial charge is 0.506 e. The van der Waals surface area contributed by atoms with Gasteiger partial charge in [-0.15, -0.1) is 0 Å². The maximum Gasteiger partial charge on any atom is 0.412 e. The van der Waals surface area contributed by atoms with Gasteiger partial charge in [0.05, 0.1) is 22.5 Å². The molecule has 2 N–H and O–H groups in total. The maximum atomic E-state index is 12.8. The number of thiol groups is 1. The number of rotatable bonds is 8. The van der Waals surface area contributed by atoms with Crippen molar-refractivity contribution in [2.75, 3.05) is 17.7 Å². The van der Waals surface area contributed by atoms with Crippen molar-refractivity contribution in [3.63, 3.8) is 0 Å². The summed E-state index contributed by atoms with van der Waals surface area (Å²) in [5.41, 5.74) is 1.05. The van der Waals surface area contributed by atoms with Crippen LogP contribution in [0.25, 0.3) is 10.8 Å². The van der Waals surface area contributed by atoms with Gasteiger partial charge in [0.1, 0.15) is 11.9 Å². The van der Waals surface area contributed by atoms with E-state index in [-0.39, 0.29) is 18.1 Å². The van der Waals surface area contributed by atoms with Crippen LogP contribution in [-0.4, -0.2) is 29.5 Å². The van der Waals surface area contributed by atoms with Gasteiger partial charge in [0.25, 0.3) is 0 Å². The van der Waals surface area contributed by atoms with Crippen LogP contribution in [0.5, 0.6) is 5.75 Å². The van der Waals surface area contributed by atoms with Crippen molar-refractivity contribution in [3.05, 3.63) is 69.1 Å². The van der Waals surface area contributed by atoms with E-state index in [0.29, 0.717) is 33.0 Å². The third-order valence-corrected chi connectivity index (χ3v) is 6.00. The van der Waals surface area contributed by atoms with Gasteiger partial charge >= 0.3 is 12.1 Å². The SMILES string of the molecule is O=C(CS)OCCC[C@H](OC(=O)Nc1cccc2ccccc12)c1cc(Br)cc(Br)c1O. The van der Waals surface area contributed by atoms with Crippen LogP contribution >= 0.6 is 44.5 Å². The van der Waals surface area contributed by atoms with E-state index in [0.717, 1.165) is 10.8 Å². The Balaban J connectivity index is 1.78. The van der Waals surface area contributed by atoms with Gasteiger partial charge in [-0.05, 0) is 52.4 Å². The molecule has 0 aliphatic heterocycles. The summed E-state index contributed by atoms with van der Waals surface area (Å²) < 4.78 is 11.9. The highest BCUT2D eigenvalue weighted by molar-refractivity contribution is 9.11. The summed E-state index contributed by atoms with van der Waals surface area (Å²) in [6.07, 6.45) is -0.670. The number of nitrogens with one attached hydrogen (secondary N) is 1. The minimum Gasteiger partial charge on any atom is -0.506 e. The van der Waals surface area contributed by atoms with Gasteiger partial charge in [0, 0.05) is 15.4 Å². The Kier molecular flexibility index (Phi) is 8.84. The molecule has 9 heteroatoms. The Bertz CT molecular complexity index is 1120. The van der Waals surface area contributed by atoms with Crippen molar-refractivity contribution >= 4 is 73.0 Å². The quantitative estimate of drug-likeness (QED) is 0.158. The molecular formula is C23H21Br2NO5S. The van der Waals surface area contributed by atoms with Gasteiger partial charge in [-0.2, -0.15) is 12.6 Å². The first-order chi connectivity index (χ1) is 15.4. The lowest BCUT2D eigenvalue weighted by molar-refractivity contribution is -0.140. The third kappa shape index (κ3) is 6.40. The predicted octanol–water partition coefficient (Wildman–Crippen LogP) is 6.61. The summed E-state index contributed by atoms with van der Waals surface area (Å²) in [7, 11) is 0. The maximum absolute atomic E-state index is 12.8. The first-order valence-corrected chi connectivity index (χ1v) is 12.0. The van der Waals surface area contributed by atoms with Crippen LogP contribution in [-0.2, 0) is 14.3 Å². The Labute approximate surface area is 208 Å². The molecule has 0 spiro atoms. The number of phenolic OH excluding ortho intramolecular Hbond substituents is 1. The van der Waals surface area contributed by atoms with Gasteiger partial charge < -0.3 is 14.6 Å².